The first kappa shape index (κ1) is 20.5. The van der Waals surface area contributed by atoms with E-state index in [9.17, 15) is 4.79 Å². The van der Waals surface area contributed by atoms with Crippen molar-refractivity contribution in [1.29, 1.82) is 0 Å². The van der Waals surface area contributed by atoms with Crippen LogP contribution in [0.2, 0.25) is 0 Å². The third-order valence-corrected chi connectivity index (χ3v) is 6.63. The number of hydrogen-bond donors (Lipinski definition) is 1. The van der Waals surface area contributed by atoms with Crippen LogP contribution in [-0.4, -0.2) is 59.0 Å². The highest BCUT2D eigenvalue weighted by atomic mass is 32.1. The normalized spacial score (nSPS) is 14.6. The van der Waals surface area contributed by atoms with Gasteiger partial charge in [-0.15, -0.1) is 11.3 Å². The second-order valence-electron chi connectivity index (χ2n) is 8.02. The summed E-state index contributed by atoms with van der Waals surface area (Å²) in [5.41, 5.74) is 1.62. The molecule has 162 valence electrons. The maximum Gasteiger partial charge on any atom is 0.256 e. The fourth-order valence-corrected chi connectivity index (χ4v) is 4.64. The minimum atomic E-state index is -0.199. The number of thiazole rings is 1. The molecule has 5 rings (SSSR count). The molecule has 1 amide bonds. The van der Waals surface area contributed by atoms with E-state index in [2.05, 4.69) is 57.3 Å². The molecule has 3 aromatic heterocycles. The van der Waals surface area contributed by atoms with Crippen molar-refractivity contribution in [2.75, 3.05) is 43.4 Å². The summed E-state index contributed by atoms with van der Waals surface area (Å²) in [5, 5.41) is 6.07. The summed E-state index contributed by atoms with van der Waals surface area (Å²) in [6.07, 6.45) is 5.12. The van der Waals surface area contributed by atoms with Gasteiger partial charge in [0, 0.05) is 66.2 Å². The molecule has 8 heteroatoms. The fraction of sp³-hybridized carbons (Fsp3) is 0.250. The maximum atomic E-state index is 12.8. The second-order valence-corrected chi connectivity index (χ2v) is 9.26. The summed E-state index contributed by atoms with van der Waals surface area (Å²) >= 11 is 1.68. The number of anilines is 2. The molecule has 32 heavy (non-hydrogen) atoms. The largest absolute Gasteiger partial charge is 0.353 e. The zero-order valence-corrected chi connectivity index (χ0v) is 18.9. The van der Waals surface area contributed by atoms with Gasteiger partial charge in [0.05, 0.1) is 0 Å². The van der Waals surface area contributed by atoms with Crippen LogP contribution >= 0.6 is 11.3 Å². The minimum Gasteiger partial charge on any atom is -0.353 e. The smallest absolute Gasteiger partial charge is 0.256 e. The molecular formula is C24H24N6OS. The summed E-state index contributed by atoms with van der Waals surface area (Å²) in [4.78, 5) is 32.0. The van der Waals surface area contributed by atoms with Crippen molar-refractivity contribution in [2.45, 2.75) is 6.92 Å². The van der Waals surface area contributed by atoms with Crippen molar-refractivity contribution in [3.63, 3.8) is 0 Å². The van der Waals surface area contributed by atoms with Crippen molar-refractivity contribution < 1.29 is 4.79 Å². The van der Waals surface area contributed by atoms with Gasteiger partial charge in [-0.3, -0.25) is 9.78 Å². The number of amides is 1. The van der Waals surface area contributed by atoms with Crippen LogP contribution in [0.4, 0.5) is 11.6 Å². The molecule has 0 spiro atoms. The number of carbonyl (C=O) groups excluding carboxylic acids is 1. The zero-order valence-electron chi connectivity index (χ0n) is 18.1. The van der Waals surface area contributed by atoms with Gasteiger partial charge >= 0.3 is 0 Å². The molecule has 0 bridgehead atoms. The van der Waals surface area contributed by atoms with Gasteiger partial charge in [-0.25, -0.2) is 9.97 Å². The molecule has 0 saturated carbocycles. The van der Waals surface area contributed by atoms with Gasteiger partial charge in [-0.1, -0.05) is 6.07 Å². The van der Waals surface area contributed by atoms with Gasteiger partial charge in [0.25, 0.3) is 5.91 Å². The van der Waals surface area contributed by atoms with Gasteiger partial charge < -0.3 is 15.1 Å². The summed E-state index contributed by atoms with van der Waals surface area (Å²) in [5.74, 6) is 1.25. The van der Waals surface area contributed by atoms with E-state index < -0.39 is 0 Å². The lowest BCUT2D eigenvalue weighted by atomic mass is 10.1. The van der Waals surface area contributed by atoms with Crippen LogP contribution in [-0.2, 0) is 0 Å². The molecular weight excluding hydrogens is 420 g/mol. The summed E-state index contributed by atoms with van der Waals surface area (Å²) in [7, 11) is 2.14. The highest BCUT2D eigenvalue weighted by Gasteiger charge is 2.20. The zero-order chi connectivity index (χ0) is 22.1. The van der Waals surface area contributed by atoms with Crippen LogP contribution in [0.5, 0.6) is 0 Å². The third-order valence-electron chi connectivity index (χ3n) is 5.67. The Hall–Kier alpha value is -3.36. The number of likely N-dealkylation sites (N-methyl/N-ethyl adjacent to an activating group) is 1. The van der Waals surface area contributed by atoms with Gasteiger partial charge in [-0.05, 0) is 49.7 Å². The Morgan fingerprint density at radius 3 is 2.56 bits per heavy atom. The van der Waals surface area contributed by atoms with Crippen LogP contribution in [0.25, 0.3) is 21.3 Å². The molecule has 1 saturated heterocycles. The molecule has 0 aliphatic carbocycles. The van der Waals surface area contributed by atoms with Gasteiger partial charge in [0.1, 0.15) is 16.6 Å². The van der Waals surface area contributed by atoms with Crippen LogP contribution in [0.15, 0.2) is 55.0 Å². The highest BCUT2D eigenvalue weighted by molar-refractivity contribution is 7.14. The average molecular weight is 445 g/mol. The second kappa shape index (κ2) is 8.64. The van der Waals surface area contributed by atoms with E-state index in [-0.39, 0.29) is 5.91 Å². The molecule has 0 atom stereocenters. The monoisotopic (exact) mass is 444 g/mol. The molecule has 0 unspecified atom stereocenters. The Morgan fingerprint density at radius 1 is 1.06 bits per heavy atom. The number of benzene rings is 1. The molecule has 4 heterocycles. The van der Waals surface area contributed by atoms with Crippen molar-refractivity contribution in [3.8, 4) is 10.6 Å². The van der Waals surface area contributed by atoms with E-state index in [1.54, 1.807) is 35.9 Å². The minimum absolute atomic E-state index is 0.199. The number of nitrogens with one attached hydrogen (secondary N) is 1. The van der Waals surface area contributed by atoms with Crippen LogP contribution < -0.4 is 10.2 Å². The summed E-state index contributed by atoms with van der Waals surface area (Å²) < 4.78 is 0. The molecule has 1 aliphatic heterocycles. The van der Waals surface area contributed by atoms with E-state index in [4.69, 9.17) is 4.98 Å². The molecule has 1 aromatic carbocycles. The molecule has 1 fully saturated rings. The first-order valence-electron chi connectivity index (χ1n) is 10.6. The lowest BCUT2D eigenvalue weighted by Crippen LogP contribution is -2.45. The number of hydrogen-bond acceptors (Lipinski definition) is 7. The number of aromatic nitrogens is 3. The van der Waals surface area contributed by atoms with Crippen molar-refractivity contribution >= 4 is 39.7 Å². The Morgan fingerprint density at radius 2 is 1.84 bits per heavy atom. The predicted octanol–water partition coefficient (Wildman–Crippen LogP) is 4.07. The van der Waals surface area contributed by atoms with Gasteiger partial charge in [0.15, 0.2) is 0 Å². The average Bonchev–Trinajstić information content (AvgIpc) is 3.25. The van der Waals surface area contributed by atoms with E-state index >= 15 is 0 Å². The molecule has 7 nitrogen and oxygen atoms in total. The lowest BCUT2D eigenvalue weighted by Gasteiger charge is -2.34. The number of nitrogens with zero attached hydrogens (tertiary/aromatic N) is 5. The van der Waals surface area contributed by atoms with Crippen LogP contribution in [0.3, 0.4) is 0 Å². The molecule has 1 N–H and O–H groups in total. The van der Waals surface area contributed by atoms with Crippen molar-refractivity contribution in [1.82, 2.24) is 19.9 Å². The quantitative estimate of drug-likeness (QED) is 0.512. The Kier molecular flexibility index (Phi) is 5.55. The van der Waals surface area contributed by atoms with Crippen LogP contribution in [0, 0.1) is 6.92 Å². The van der Waals surface area contributed by atoms with E-state index in [1.165, 1.54) is 4.88 Å². The summed E-state index contributed by atoms with van der Waals surface area (Å²) in [6, 6.07) is 11.7. The van der Waals surface area contributed by atoms with E-state index in [1.807, 2.05) is 12.3 Å². The van der Waals surface area contributed by atoms with Crippen LogP contribution in [0.1, 0.15) is 15.2 Å². The fourth-order valence-electron chi connectivity index (χ4n) is 3.88. The van der Waals surface area contributed by atoms with Crippen molar-refractivity contribution in [2.24, 2.45) is 0 Å². The maximum absolute atomic E-state index is 12.8. The first-order valence-corrected chi connectivity index (χ1v) is 11.4. The van der Waals surface area contributed by atoms with Crippen molar-refractivity contribution in [3.05, 3.63) is 65.4 Å². The standard InChI is InChI=1S/C24H24N6OS/c1-16-15-26-24(32-16)18-3-4-20-19(13-18)14-21(28-23(31)17-5-7-25-8-6-17)27-22(20)30-11-9-29(2)10-12-30/h3-8,13-15H,9-12H2,1-2H3,(H,27,28,31). The number of pyridine rings is 2. The third kappa shape index (κ3) is 4.19. The number of aryl methyl sites for hydroxylation is 1. The Bertz CT molecular complexity index is 1260. The number of piperazine rings is 1. The van der Waals surface area contributed by atoms with Gasteiger partial charge in [-0.2, -0.15) is 0 Å². The molecule has 0 radical (unpaired) electrons. The SMILES string of the molecule is Cc1cnc(-c2ccc3c(N4CCN(C)CC4)nc(NC(=O)c4ccncc4)cc3c2)s1. The van der Waals surface area contributed by atoms with E-state index in [0.29, 0.717) is 11.4 Å². The van der Waals surface area contributed by atoms with E-state index in [0.717, 1.165) is 53.3 Å². The van der Waals surface area contributed by atoms with Gasteiger partial charge in [0.2, 0.25) is 0 Å². The lowest BCUT2D eigenvalue weighted by molar-refractivity contribution is 0.102. The molecule has 4 aromatic rings. The number of carbonyl (C=O) groups is 1. The topological polar surface area (TPSA) is 74.2 Å². The number of fused-ring (bicyclic) bond motifs is 1. The summed E-state index contributed by atoms with van der Waals surface area (Å²) in [6.45, 7) is 5.81. The number of rotatable bonds is 4. The Labute approximate surface area is 190 Å². The Balaban J connectivity index is 1.57. The first-order chi connectivity index (χ1) is 15.6. The highest BCUT2D eigenvalue weighted by Crippen LogP contribution is 2.33. The molecule has 1 aliphatic rings. The predicted molar refractivity (Wildman–Crippen MR) is 129 cm³/mol.